The van der Waals surface area contributed by atoms with Gasteiger partial charge in [-0.05, 0) is 32.1 Å². The summed E-state index contributed by atoms with van der Waals surface area (Å²) in [4.78, 5) is 11.5. The van der Waals surface area contributed by atoms with Gasteiger partial charge < -0.3 is 10.2 Å². The van der Waals surface area contributed by atoms with Gasteiger partial charge in [-0.2, -0.15) is 0 Å². The normalized spacial score (nSPS) is 28.9. The molecule has 2 fully saturated rings. The molecule has 2 N–H and O–H groups in total. The third-order valence-corrected chi connectivity index (χ3v) is 4.44. The first-order chi connectivity index (χ1) is 7.11. The van der Waals surface area contributed by atoms with Gasteiger partial charge in [0.1, 0.15) is 0 Å². The molecule has 86 valence electrons. The molecule has 15 heavy (non-hydrogen) atoms. The fourth-order valence-corrected chi connectivity index (χ4v) is 3.20. The highest BCUT2D eigenvalue weighted by Gasteiger charge is 2.58. The number of hydrogen-bond donors (Lipinski definition) is 2. The summed E-state index contributed by atoms with van der Waals surface area (Å²) in [6.07, 6.45) is 7.81. The van der Waals surface area contributed by atoms with Crippen molar-refractivity contribution in [1.29, 1.82) is 0 Å². The Labute approximate surface area is 90.5 Å². The summed E-state index contributed by atoms with van der Waals surface area (Å²) >= 11 is 0. The highest BCUT2D eigenvalue weighted by atomic mass is 16.4. The van der Waals surface area contributed by atoms with Gasteiger partial charge >= 0.3 is 5.97 Å². The average Bonchev–Trinajstić information content (AvgIpc) is 2.40. The maximum atomic E-state index is 11.5. The number of carbonyl (C=O) groups is 1. The molecule has 2 saturated carbocycles. The first-order valence-electron chi connectivity index (χ1n) is 6.07. The van der Waals surface area contributed by atoms with E-state index >= 15 is 0 Å². The van der Waals surface area contributed by atoms with Crippen LogP contribution < -0.4 is 0 Å². The minimum Gasteiger partial charge on any atom is -0.481 e. The second-order valence-electron chi connectivity index (χ2n) is 5.19. The van der Waals surface area contributed by atoms with Crippen molar-refractivity contribution in [1.82, 2.24) is 0 Å². The van der Waals surface area contributed by atoms with Crippen LogP contribution in [0.3, 0.4) is 0 Å². The summed E-state index contributed by atoms with van der Waals surface area (Å²) in [6, 6.07) is 0. The zero-order valence-corrected chi connectivity index (χ0v) is 9.17. The molecule has 2 aliphatic carbocycles. The fourth-order valence-electron chi connectivity index (χ4n) is 3.20. The minimum absolute atomic E-state index is 0.666. The second-order valence-corrected chi connectivity index (χ2v) is 5.19. The van der Waals surface area contributed by atoms with Crippen molar-refractivity contribution >= 4 is 5.97 Å². The third kappa shape index (κ3) is 1.57. The lowest BCUT2D eigenvalue weighted by atomic mass is 9.58. The molecule has 0 unspecified atom stereocenters. The zero-order valence-electron chi connectivity index (χ0n) is 9.17. The van der Waals surface area contributed by atoms with Crippen LogP contribution in [-0.4, -0.2) is 21.8 Å². The van der Waals surface area contributed by atoms with Crippen molar-refractivity contribution in [2.24, 2.45) is 5.41 Å². The van der Waals surface area contributed by atoms with Crippen LogP contribution in [0.4, 0.5) is 0 Å². The summed E-state index contributed by atoms with van der Waals surface area (Å²) in [6.45, 7) is 0. The van der Waals surface area contributed by atoms with Crippen molar-refractivity contribution in [2.75, 3.05) is 0 Å². The van der Waals surface area contributed by atoms with Gasteiger partial charge in [-0.15, -0.1) is 0 Å². The first-order valence-corrected chi connectivity index (χ1v) is 6.07. The molecule has 0 radical (unpaired) electrons. The maximum absolute atomic E-state index is 11.5. The Morgan fingerprint density at radius 3 is 1.73 bits per heavy atom. The second kappa shape index (κ2) is 3.78. The predicted octanol–water partition coefficient (Wildman–Crippen LogP) is 2.33. The number of rotatable bonds is 2. The summed E-state index contributed by atoms with van der Waals surface area (Å²) < 4.78 is 0. The molecule has 0 aromatic heterocycles. The molecule has 0 heterocycles. The summed E-state index contributed by atoms with van der Waals surface area (Å²) in [5.41, 5.74) is -1.73. The number of aliphatic hydroxyl groups is 1. The summed E-state index contributed by atoms with van der Waals surface area (Å²) in [5, 5.41) is 19.9. The molecule has 0 aromatic carbocycles. The molecule has 3 heteroatoms. The van der Waals surface area contributed by atoms with E-state index < -0.39 is 17.0 Å². The third-order valence-electron chi connectivity index (χ3n) is 4.44. The van der Waals surface area contributed by atoms with Crippen LogP contribution in [0.15, 0.2) is 0 Å². The predicted molar refractivity (Wildman–Crippen MR) is 56.6 cm³/mol. The van der Waals surface area contributed by atoms with Gasteiger partial charge in [0.25, 0.3) is 0 Å². The Balaban J connectivity index is 2.25. The van der Waals surface area contributed by atoms with Gasteiger partial charge in [0.05, 0.1) is 11.0 Å². The largest absolute Gasteiger partial charge is 0.481 e. The highest BCUT2D eigenvalue weighted by molar-refractivity contribution is 5.76. The molecule has 0 amide bonds. The van der Waals surface area contributed by atoms with Crippen molar-refractivity contribution in [3.63, 3.8) is 0 Å². The lowest BCUT2D eigenvalue weighted by molar-refractivity contribution is -0.187. The van der Waals surface area contributed by atoms with Gasteiger partial charge in [-0.25, -0.2) is 0 Å². The summed E-state index contributed by atoms with van der Waals surface area (Å²) in [7, 11) is 0. The Kier molecular flexibility index (Phi) is 2.75. The van der Waals surface area contributed by atoms with Crippen LogP contribution in [0.1, 0.15) is 57.8 Å². The molecule has 3 nitrogen and oxygen atoms in total. The quantitative estimate of drug-likeness (QED) is 0.691. The van der Waals surface area contributed by atoms with E-state index in [0.29, 0.717) is 25.7 Å². The van der Waals surface area contributed by atoms with Gasteiger partial charge in [0, 0.05) is 0 Å². The molecular formula is C12H20O3. The lowest BCUT2D eigenvalue weighted by Crippen LogP contribution is -2.57. The van der Waals surface area contributed by atoms with E-state index in [1.165, 1.54) is 0 Å². The van der Waals surface area contributed by atoms with E-state index in [9.17, 15) is 15.0 Å². The zero-order chi connectivity index (χ0) is 10.9. The van der Waals surface area contributed by atoms with Crippen LogP contribution >= 0.6 is 0 Å². The Morgan fingerprint density at radius 2 is 1.40 bits per heavy atom. The number of aliphatic carboxylic acids is 1. The van der Waals surface area contributed by atoms with Crippen molar-refractivity contribution in [2.45, 2.75) is 63.4 Å². The molecule has 2 aliphatic rings. The van der Waals surface area contributed by atoms with Crippen LogP contribution in [-0.2, 0) is 4.79 Å². The summed E-state index contributed by atoms with van der Waals surface area (Å²) in [5.74, 6) is -0.772. The van der Waals surface area contributed by atoms with Gasteiger partial charge in [0.2, 0.25) is 0 Å². The Hall–Kier alpha value is -0.570. The monoisotopic (exact) mass is 212 g/mol. The van der Waals surface area contributed by atoms with Gasteiger partial charge in [0.15, 0.2) is 0 Å². The molecular weight excluding hydrogens is 192 g/mol. The van der Waals surface area contributed by atoms with E-state index in [4.69, 9.17) is 0 Å². The molecule has 0 spiro atoms. The Morgan fingerprint density at radius 1 is 0.867 bits per heavy atom. The smallest absolute Gasteiger partial charge is 0.312 e. The topological polar surface area (TPSA) is 57.5 Å². The number of hydrogen-bond acceptors (Lipinski definition) is 2. The lowest BCUT2D eigenvalue weighted by Gasteiger charge is -2.50. The SMILES string of the molecule is O=C(O)C1(C2(O)CCC2)CCCCCC1. The standard InChI is InChI=1S/C12H20O3/c13-10(14)11(12(15)8-5-9-12)6-3-1-2-4-7-11/h15H,1-9H2,(H,13,14). The van der Waals surface area contributed by atoms with Crippen molar-refractivity contribution in [3.8, 4) is 0 Å². The van der Waals surface area contributed by atoms with Crippen LogP contribution in [0.2, 0.25) is 0 Å². The molecule has 0 aromatic rings. The minimum atomic E-state index is -0.900. The van der Waals surface area contributed by atoms with Gasteiger partial charge in [-0.3, -0.25) is 4.79 Å². The van der Waals surface area contributed by atoms with E-state index in [1.807, 2.05) is 0 Å². The Bertz CT molecular complexity index is 248. The van der Waals surface area contributed by atoms with Crippen LogP contribution in [0, 0.1) is 5.41 Å². The highest BCUT2D eigenvalue weighted by Crippen LogP contribution is 2.53. The van der Waals surface area contributed by atoms with Gasteiger partial charge in [-0.1, -0.05) is 25.7 Å². The molecule has 0 atom stereocenters. The van der Waals surface area contributed by atoms with E-state index in [1.54, 1.807) is 0 Å². The first kappa shape index (κ1) is 10.9. The van der Waals surface area contributed by atoms with E-state index in [0.717, 1.165) is 32.1 Å². The number of carboxylic acids is 1. The average molecular weight is 212 g/mol. The van der Waals surface area contributed by atoms with E-state index in [-0.39, 0.29) is 0 Å². The van der Waals surface area contributed by atoms with Crippen LogP contribution in [0.25, 0.3) is 0 Å². The van der Waals surface area contributed by atoms with Crippen LogP contribution in [0.5, 0.6) is 0 Å². The van der Waals surface area contributed by atoms with Crippen molar-refractivity contribution in [3.05, 3.63) is 0 Å². The fraction of sp³-hybridized carbons (Fsp3) is 0.917. The molecule has 0 aliphatic heterocycles. The molecule has 2 rings (SSSR count). The number of carboxylic acid groups (broad SMARTS) is 1. The van der Waals surface area contributed by atoms with Crippen molar-refractivity contribution < 1.29 is 15.0 Å². The molecule has 0 saturated heterocycles. The van der Waals surface area contributed by atoms with E-state index in [2.05, 4.69) is 0 Å². The maximum Gasteiger partial charge on any atom is 0.312 e. The molecule has 0 bridgehead atoms.